The molecule has 0 radical (unpaired) electrons. The number of anilines is 1. The first-order valence-electron chi connectivity index (χ1n) is 13.8. The van der Waals surface area contributed by atoms with Gasteiger partial charge in [0.15, 0.2) is 23.2 Å². The Morgan fingerprint density at radius 2 is 1.35 bits per heavy atom. The smallest absolute Gasteiger partial charge is 0.313 e. The lowest BCUT2D eigenvalue weighted by Crippen LogP contribution is -2.56. The summed E-state index contributed by atoms with van der Waals surface area (Å²) in [5, 5.41) is 19.7. The number of halogens is 4. The molecule has 0 aliphatic heterocycles. The molecule has 2 atom stereocenters. The van der Waals surface area contributed by atoms with Crippen LogP contribution in [0.3, 0.4) is 0 Å². The van der Waals surface area contributed by atoms with Crippen molar-refractivity contribution in [3.63, 3.8) is 0 Å². The van der Waals surface area contributed by atoms with Gasteiger partial charge in [0.2, 0.25) is 17.5 Å². The third kappa shape index (κ3) is 7.75. The van der Waals surface area contributed by atoms with Gasteiger partial charge in [-0.3, -0.25) is 24.0 Å². The Balaban J connectivity index is 1.42. The van der Waals surface area contributed by atoms with Gasteiger partial charge in [-0.15, -0.1) is 0 Å². The van der Waals surface area contributed by atoms with Gasteiger partial charge in [-0.25, -0.2) is 8.78 Å². The lowest BCUT2D eigenvalue weighted by atomic mass is 10.0. The summed E-state index contributed by atoms with van der Waals surface area (Å²) >= 11 is 0. The van der Waals surface area contributed by atoms with Crippen molar-refractivity contribution in [1.82, 2.24) is 10.6 Å². The van der Waals surface area contributed by atoms with Crippen molar-refractivity contribution in [1.29, 1.82) is 0 Å². The van der Waals surface area contributed by atoms with E-state index in [0.717, 1.165) is 21.5 Å². The molecule has 4 aromatic carbocycles. The number of amides is 3. The van der Waals surface area contributed by atoms with E-state index in [1.807, 2.05) is 36.4 Å². The van der Waals surface area contributed by atoms with Crippen LogP contribution in [0.1, 0.15) is 20.3 Å². The van der Waals surface area contributed by atoms with E-state index < -0.39 is 89.5 Å². The first-order valence-corrected chi connectivity index (χ1v) is 13.8. The number of carbonyl (C=O) groups excluding carboxylic acids is 4. The van der Waals surface area contributed by atoms with Crippen molar-refractivity contribution in [3.8, 4) is 5.75 Å². The Morgan fingerprint density at radius 3 is 1.93 bits per heavy atom. The molecule has 14 heteroatoms. The zero-order chi connectivity index (χ0) is 33.7. The average molecular weight is 642 g/mol. The van der Waals surface area contributed by atoms with Crippen LogP contribution >= 0.6 is 0 Å². The number of ether oxygens (including phenoxy) is 1. The van der Waals surface area contributed by atoms with Crippen molar-refractivity contribution in [3.05, 3.63) is 83.9 Å². The summed E-state index contributed by atoms with van der Waals surface area (Å²) in [6, 6.07) is 13.2. The van der Waals surface area contributed by atoms with Gasteiger partial charge in [0.05, 0.1) is 6.42 Å². The van der Waals surface area contributed by atoms with Gasteiger partial charge in [0.1, 0.15) is 18.7 Å². The van der Waals surface area contributed by atoms with Crippen molar-refractivity contribution < 1.29 is 51.4 Å². The average Bonchev–Trinajstić information content (AvgIpc) is 3.00. The highest BCUT2D eigenvalue weighted by Crippen LogP contribution is 2.27. The quantitative estimate of drug-likeness (QED) is 0.0828. The fourth-order valence-electron chi connectivity index (χ4n) is 4.55. The lowest BCUT2D eigenvalue weighted by Gasteiger charge is -2.24. The van der Waals surface area contributed by atoms with Gasteiger partial charge >= 0.3 is 17.8 Å². The van der Waals surface area contributed by atoms with E-state index in [2.05, 4.69) is 20.7 Å². The number of carbonyl (C=O) groups is 5. The van der Waals surface area contributed by atoms with E-state index in [1.165, 1.54) is 13.8 Å². The number of rotatable bonds is 11. The number of aliphatic carboxylic acids is 1. The summed E-state index contributed by atoms with van der Waals surface area (Å²) < 4.78 is 59.3. The molecule has 0 saturated carbocycles. The van der Waals surface area contributed by atoms with Gasteiger partial charge in [-0.05, 0) is 51.7 Å². The van der Waals surface area contributed by atoms with Gasteiger partial charge in [0.25, 0.3) is 0 Å². The van der Waals surface area contributed by atoms with Crippen molar-refractivity contribution in [2.24, 2.45) is 5.92 Å². The van der Waals surface area contributed by atoms with Crippen LogP contribution in [0.5, 0.6) is 5.75 Å². The third-order valence-corrected chi connectivity index (χ3v) is 6.92. The minimum Gasteiger partial charge on any atom is -0.481 e. The lowest BCUT2D eigenvalue weighted by molar-refractivity contribution is -0.141. The molecule has 0 unspecified atom stereocenters. The Kier molecular flexibility index (Phi) is 10.2. The molecule has 4 N–H and O–H groups in total. The maximum Gasteiger partial charge on any atom is 0.313 e. The number of ketones is 1. The van der Waals surface area contributed by atoms with Gasteiger partial charge in [-0.1, -0.05) is 44.2 Å². The molecule has 3 amide bonds. The van der Waals surface area contributed by atoms with Crippen molar-refractivity contribution >= 4 is 56.7 Å². The van der Waals surface area contributed by atoms with E-state index in [9.17, 15) is 46.6 Å². The maximum atomic E-state index is 13.9. The molecule has 0 spiro atoms. The molecular formula is C32H27F4N3O7. The van der Waals surface area contributed by atoms with E-state index >= 15 is 0 Å². The minimum absolute atomic E-state index is 0.0726. The third-order valence-electron chi connectivity index (χ3n) is 6.92. The minimum atomic E-state index is -1.93. The number of fused-ring (bicyclic) bond motifs is 2. The summed E-state index contributed by atoms with van der Waals surface area (Å²) in [5.74, 6) is -15.9. The molecule has 4 rings (SSSR count). The Labute approximate surface area is 258 Å². The Morgan fingerprint density at radius 1 is 0.761 bits per heavy atom. The highest BCUT2D eigenvalue weighted by molar-refractivity contribution is 6.40. The Bertz CT molecular complexity index is 1840. The van der Waals surface area contributed by atoms with E-state index in [0.29, 0.717) is 5.69 Å². The zero-order valence-corrected chi connectivity index (χ0v) is 24.3. The largest absolute Gasteiger partial charge is 0.481 e. The zero-order valence-electron chi connectivity index (χ0n) is 24.3. The number of carboxylic acid groups (broad SMARTS) is 1. The highest BCUT2D eigenvalue weighted by atomic mass is 19.2. The standard InChI is InChI=1S/C32H27F4N3O7/c1-15(2)28(30(43)38-23(13-25(41)42)24(40)14-46-29-26(35)21(33)12-22(34)27(29)36)39-32(45)31(44)37-20-8-7-18-9-16-5-3-4-6-17(16)10-19(18)11-20/h3-12,15,23,28H,13-14H2,1-2H3,(H,37,44)(H,38,43)(H,39,45)(H,41,42)/t23-,28-/m0/s1. The molecule has 240 valence electrons. The van der Waals surface area contributed by atoms with Crippen LogP contribution in [0.2, 0.25) is 0 Å². The molecule has 0 aliphatic carbocycles. The molecule has 0 saturated heterocycles. The molecule has 46 heavy (non-hydrogen) atoms. The van der Waals surface area contributed by atoms with Crippen LogP contribution in [0.25, 0.3) is 21.5 Å². The summed E-state index contributed by atoms with van der Waals surface area (Å²) in [7, 11) is 0. The fraction of sp³-hybridized carbons (Fsp3) is 0.219. The summed E-state index contributed by atoms with van der Waals surface area (Å²) in [6.07, 6.45) is -1.02. The first-order chi connectivity index (χ1) is 21.7. The predicted octanol–water partition coefficient (Wildman–Crippen LogP) is 4.24. The van der Waals surface area contributed by atoms with Crippen molar-refractivity contribution in [2.75, 3.05) is 11.9 Å². The number of benzene rings is 4. The molecular weight excluding hydrogens is 614 g/mol. The normalized spacial score (nSPS) is 12.4. The second kappa shape index (κ2) is 14.1. The summed E-state index contributed by atoms with van der Waals surface area (Å²) in [5.41, 5.74) is 0.298. The van der Waals surface area contributed by atoms with Crippen LogP contribution in [-0.4, -0.2) is 53.3 Å². The molecule has 0 bridgehead atoms. The molecule has 0 heterocycles. The first kappa shape index (κ1) is 33.4. The molecule has 4 aromatic rings. The number of hydrogen-bond acceptors (Lipinski definition) is 6. The van der Waals surface area contributed by atoms with Crippen LogP contribution in [0.4, 0.5) is 23.2 Å². The van der Waals surface area contributed by atoms with Crippen LogP contribution in [-0.2, 0) is 24.0 Å². The Hall–Kier alpha value is -5.53. The van der Waals surface area contributed by atoms with Crippen molar-refractivity contribution in [2.45, 2.75) is 32.4 Å². The van der Waals surface area contributed by atoms with Gasteiger partial charge < -0.3 is 25.8 Å². The second-order valence-electron chi connectivity index (χ2n) is 10.6. The summed E-state index contributed by atoms with van der Waals surface area (Å²) in [4.78, 5) is 62.6. The monoisotopic (exact) mass is 641 g/mol. The van der Waals surface area contributed by atoms with Crippen LogP contribution < -0.4 is 20.7 Å². The summed E-state index contributed by atoms with van der Waals surface area (Å²) in [6.45, 7) is 1.71. The SMILES string of the molecule is CC(C)[C@H](NC(=O)C(=O)Nc1ccc2cc3ccccc3cc2c1)C(=O)N[C@@H](CC(=O)O)C(=O)COc1c(F)c(F)cc(F)c1F. The van der Waals surface area contributed by atoms with Crippen LogP contribution in [0.15, 0.2) is 60.7 Å². The van der Waals surface area contributed by atoms with E-state index in [4.69, 9.17) is 0 Å². The fourth-order valence-corrected chi connectivity index (χ4v) is 4.55. The second-order valence-corrected chi connectivity index (χ2v) is 10.6. The number of hydrogen-bond donors (Lipinski definition) is 4. The predicted molar refractivity (Wildman–Crippen MR) is 158 cm³/mol. The van der Waals surface area contributed by atoms with E-state index in [-0.39, 0.29) is 6.07 Å². The molecule has 0 aromatic heterocycles. The molecule has 0 aliphatic rings. The maximum absolute atomic E-state index is 13.9. The van der Waals surface area contributed by atoms with Gasteiger partial charge in [-0.2, -0.15) is 8.78 Å². The van der Waals surface area contributed by atoms with Crippen LogP contribution in [0, 0.1) is 29.2 Å². The number of nitrogens with one attached hydrogen (secondary N) is 3. The van der Waals surface area contributed by atoms with E-state index in [1.54, 1.807) is 18.2 Å². The number of Topliss-reactive ketones (excluding diaryl/α,β-unsaturated/α-hetero) is 1. The molecule has 0 fully saturated rings. The van der Waals surface area contributed by atoms with Gasteiger partial charge in [0, 0.05) is 11.8 Å². The topological polar surface area (TPSA) is 151 Å². The number of carboxylic acids is 1. The highest BCUT2D eigenvalue weighted by Gasteiger charge is 2.32. The molecule has 10 nitrogen and oxygen atoms in total.